The monoisotopic (exact) mass is 813 g/mol. The zero-order valence-electron chi connectivity index (χ0n) is 29.2. The van der Waals surface area contributed by atoms with E-state index in [1.54, 1.807) is 53.7 Å². The molecule has 2 fully saturated rings. The van der Waals surface area contributed by atoms with Gasteiger partial charge in [0.05, 0.1) is 23.3 Å². The molecule has 2 saturated heterocycles. The van der Waals surface area contributed by atoms with Gasteiger partial charge in [-0.05, 0) is 116 Å². The van der Waals surface area contributed by atoms with Crippen LogP contribution in [0.3, 0.4) is 0 Å². The molecule has 2 aliphatic heterocycles. The fourth-order valence-electron chi connectivity index (χ4n) is 5.90. The predicted molar refractivity (Wildman–Crippen MR) is 188 cm³/mol. The maximum Gasteiger partial charge on any atom is 0.425 e. The van der Waals surface area contributed by atoms with Gasteiger partial charge in [-0.3, -0.25) is 4.18 Å². The Kier molecular flexibility index (Phi) is 10.6. The van der Waals surface area contributed by atoms with E-state index >= 15 is 0 Å². The van der Waals surface area contributed by atoms with E-state index in [2.05, 4.69) is 32.6 Å². The molecule has 0 saturated carbocycles. The van der Waals surface area contributed by atoms with Crippen LogP contribution in [-0.4, -0.2) is 78.6 Å². The Morgan fingerprint density at radius 3 is 2.06 bits per heavy atom. The first kappa shape index (κ1) is 37.6. The fourth-order valence-corrected chi connectivity index (χ4v) is 7.74. The summed E-state index contributed by atoms with van der Waals surface area (Å²) in [5, 5.41) is 0. The molecule has 2 amide bonds. The predicted octanol–water partition coefficient (Wildman–Crippen LogP) is 6.81. The van der Waals surface area contributed by atoms with Crippen LogP contribution in [0.4, 0.5) is 15.4 Å². The van der Waals surface area contributed by atoms with E-state index < -0.39 is 63.7 Å². The lowest BCUT2D eigenvalue weighted by Crippen LogP contribution is -2.44. The van der Waals surface area contributed by atoms with Crippen LogP contribution >= 0.6 is 22.6 Å². The number of amides is 2. The van der Waals surface area contributed by atoms with Gasteiger partial charge in [0.2, 0.25) is 0 Å². The topological polar surface area (TPSA) is 153 Å². The summed E-state index contributed by atoms with van der Waals surface area (Å²) in [7, 11) is -4.02. The standard InChI is InChI=1S/C34H44IN3O10S/c1-19-10-12-20(13-11-19)49(41,42)43-17-25-28-27(45-34(8,9)46-28)24(44-25)15-14-21-23(35)16-22-26(21)36-18-37-29(22)38(30(39)47-32(2,3)4)31(40)48-33(5,6)7/h10-13,16,18,21,24-25,27-28H,14-15,17H2,1-9H3/t21?,24-,25+,27-,28+/m0/s1. The van der Waals surface area contributed by atoms with Crippen molar-refractivity contribution >= 4 is 56.8 Å². The van der Waals surface area contributed by atoms with E-state index in [0.717, 1.165) is 14.0 Å². The van der Waals surface area contributed by atoms with Crippen LogP contribution in [-0.2, 0) is 38.0 Å². The maximum atomic E-state index is 13.4. The van der Waals surface area contributed by atoms with Crippen molar-refractivity contribution < 1.29 is 45.9 Å². The molecule has 1 aromatic heterocycles. The number of ether oxygens (including phenoxy) is 5. The van der Waals surface area contributed by atoms with Crippen molar-refractivity contribution in [2.45, 2.75) is 127 Å². The number of aryl methyl sites for hydroxylation is 1. The molecule has 15 heteroatoms. The molecule has 0 N–H and O–H groups in total. The SMILES string of the molecule is Cc1ccc(S(=O)(=O)OC[C@H]2O[C@@H](CCC3C(I)=Cc4c3ncnc4N(C(=O)OC(C)(C)C)C(=O)OC(C)(C)C)[C@@H]3OC(C)(C)O[C@@H]32)cc1. The number of carbonyl (C=O) groups is 2. The highest BCUT2D eigenvalue weighted by Crippen LogP contribution is 2.47. The minimum absolute atomic E-state index is 0.0589. The Hall–Kier alpha value is -2.70. The van der Waals surface area contributed by atoms with Crippen LogP contribution in [0.25, 0.3) is 6.08 Å². The van der Waals surface area contributed by atoms with Crippen LogP contribution in [0.15, 0.2) is 39.1 Å². The summed E-state index contributed by atoms with van der Waals surface area (Å²) < 4.78 is 62.1. The van der Waals surface area contributed by atoms with Gasteiger partial charge in [-0.2, -0.15) is 13.3 Å². The quantitative estimate of drug-likeness (QED) is 0.203. The van der Waals surface area contributed by atoms with Crippen molar-refractivity contribution in [1.82, 2.24) is 9.97 Å². The number of nitrogens with zero attached hydrogens (tertiary/aromatic N) is 3. The van der Waals surface area contributed by atoms with Gasteiger partial charge in [-0.1, -0.05) is 17.7 Å². The van der Waals surface area contributed by atoms with Gasteiger partial charge in [0.1, 0.15) is 35.8 Å². The molecule has 0 radical (unpaired) electrons. The number of aromatic nitrogens is 2. The first-order chi connectivity index (χ1) is 22.6. The molecule has 1 aromatic carbocycles. The maximum absolute atomic E-state index is 13.4. The number of imide groups is 1. The molecular weight excluding hydrogens is 769 g/mol. The van der Waals surface area contributed by atoms with Gasteiger partial charge >= 0.3 is 12.2 Å². The number of hydrogen-bond donors (Lipinski definition) is 0. The third-order valence-corrected chi connectivity index (χ3v) is 10.2. The van der Waals surface area contributed by atoms with Crippen molar-refractivity contribution in [2.75, 3.05) is 11.5 Å². The average Bonchev–Trinajstić information content (AvgIpc) is 3.56. The Balaban J connectivity index is 1.34. The number of rotatable bonds is 8. The van der Waals surface area contributed by atoms with Crippen LogP contribution in [0.5, 0.6) is 0 Å². The van der Waals surface area contributed by atoms with Gasteiger partial charge in [-0.15, -0.1) is 0 Å². The number of halogens is 1. The first-order valence-corrected chi connectivity index (χ1v) is 18.6. The molecular formula is C34H44IN3O10S. The average molecular weight is 814 g/mol. The normalized spacial score (nSPS) is 24.6. The van der Waals surface area contributed by atoms with Crippen LogP contribution in [0.1, 0.15) is 91.0 Å². The highest BCUT2D eigenvalue weighted by molar-refractivity contribution is 14.1. The Labute approximate surface area is 301 Å². The second kappa shape index (κ2) is 13.8. The van der Waals surface area contributed by atoms with Gasteiger partial charge in [0.15, 0.2) is 11.6 Å². The number of anilines is 1. The zero-order chi connectivity index (χ0) is 36.1. The minimum Gasteiger partial charge on any atom is -0.443 e. The summed E-state index contributed by atoms with van der Waals surface area (Å²) >= 11 is 2.22. The van der Waals surface area contributed by atoms with Gasteiger partial charge in [0.25, 0.3) is 10.1 Å². The van der Waals surface area contributed by atoms with Gasteiger partial charge in [0, 0.05) is 15.1 Å². The summed E-state index contributed by atoms with van der Waals surface area (Å²) in [6.07, 6.45) is 0.277. The molecule has 3 aliphatic rings. The van der Waals surface area contributed by atoms with Crippen LogP contribution in [0, 0.1) is 6.92 Å². The molecule has 0 spiro atoms. The molecule has 3 heterocycles. The zero-order valence-corrected chi connectivity index (χ0v) is 32.2. The van der Waals surface area contributed by atoms with E-state index in [1.807, 2.05) is 26.8 Å². The summed E-state index contributed by atoms with van der Waals surface area (Å²) in [6, 6.07) is 6.44. The molecule has 5 rings (SSSR count). The van der Waals surface area contributed by atoms with E-state index in [-0.39, 0.29) is 23.2 Å². The van der Waals surface area contributed by atoms with E-state index in [4.69, 9.17) is 27.9 Å². The number of hydrogen-bond acceptors (Lipinski definition) is 12. The van der Waals surface area contributed by atoms with E-state index in [0.29, 0.717) is 24.1 Å². The summed E-state index contributed by atoms with van der Waals surface area (Å²) in [4.78, 5) is 36.5. The molecule has 49 heavy (non-hydrogen) atoms. The van der Waals surface area contributed by atoms with E-state index in [1.165, 1.54) is 18.5 Å². The molecule has 0 bridgehead atoms. The number of carbonyl (C=O) groups excluding carboxylic acids is 2. The van der Waals surface area contributed by atoms with Crippen molar-refractivity contribution in [3.8, 4) is 0 Å². The van der Waals surface area contributed by atoms with Crippen molar-refractivity contribution in [3.63, 3.8) is 0 Å². The fraction of sp³-hybridized carbons (Fsp3) is 0.588. The summed E-state index contributed by atoms with van der Waals surface area (Å²) in [5.74, 6) is -1.04. The lowest BCUT2D eigenvalue weighted by molar-refractivity contribution is -0.189. The third kappa shape index (κ3) is 8.79. The number of allylic oxidation sites excluding steroid dienone is 1. The highest BCUT2D eigenvalue weighted by atomic mass is 127. The Morgan fingerprint density at radius 1 is 0.918 bits per heavy atom. The lowest BCUT2D eigenvalue weighted by atomic mass is 9.96. The molecule has 1 aliphatic carbocycles. The van der Waals surface area contributed by atoms with Crippen LogP contribution < -0.4 is 4.90 Å². The lowest BCUT2D eigenvalue weighted by Gasteiger charge is -2.28. The van der Waals surface area contributed by atoms with Crippen LogP contribution in [0.2, 0.25) is 0 Å². The van der Waals surface area contributed by atoms with Crippen molar-refractivity contribution in [1.29, 1.82) is 0 Å². The second-order valence-corrected chi connectivity index (χ2v) is 17.6. The minimum atomic E-state index is -4.02. The second-order valence-electron chi connectivity index (χ2n) is 14.8. The van der Waals surface area contributed by atoms with E-state index in [9.17, 15) is 18.0 Å². The largest absolute Gasteiger partial charge is 0.443 e. The molecule has 2 aromatic rings. The third-order valence-electron chi connectivity index (χ3n) is 7.89. The summed E-state index contributed by atoms with van der Waals surface area (Å²) in [6.45, 7) is 15.5. The number of fused-ring (bicyclic) bond motifs is 2. The first-order valence-electron chi connectivity index (χ1n) is 16.1. The smallest absolute Gasteiger partial charge is 0.425 e. The van der Waals surface area contributed by atoms with Crippen molar-refractivity contribution in [3.05, 3.63) is 51.0 Å². The molecule has 5 atom stereocenters. The molecule has 268 valence electrons. The molecule has 13 nitrogen and oxygen atoms in total. The highest BCUT2D eigenvalue weighted by Gasteiger charge is 2.55. The Morgan fingerprint density at radius 2 is 1.49 bits per heavy atom. The number of benzene rings is 1. The molecule has 1 unspecified atom stereocenters. The van der Waals surface area contributed by atoms with Gasteiger partial charge < -0.3 is 23.7 Å². The summed E-state index contributed by atoms with van der Waals surface area (Å²) in [5.41, 5.74) is 0.312. The Bertz CT molecular complexity index is 1690. The van der Waals surface area contributed by atoms with Gasteiger partial charge in [-0.25, -0.2) is 19.6 Å². The van der Waals surface area contributed by atoms with Crippen molar-refractivity contribution in [2.24, 2.45) is 0 Å².